The van der Waals surface area contributed by atoms with Gasteiger partial charge in [0.1, 0.15) is 0 Å². The summed E-state index contributed by atoms with van der Waals surface area (Å²) in [5.41, 5.74) is 7.01. The number of hydrogen-bond acceptors (Lipinski definition) is 4. The molecule has 0 saturated carbocycles. The molecule has 152 valence electrons. The highest BCUT2D eigenvalue weighted by Gasteiger charge is 2.26. The van der Waals surface area contributed by atoms with Crippen molar-refractivity contribution in [1.29, 1.82) is 0 Å². The van der Waals surface area contributed by atoms with E-state index in [-0.39, 0.29) is 11.5 Å². The van der Waals surface area contributed by atoms with E-state index in [1.54, 1.807) is 0 Å². The van der Waals surface area contributed by atoms with Crippen LogP contribution in [0.4, 0.5) is 5.69 Å². The van der Waals surface area contributed by atoms with Gasteiger partial charge >= 0.3 is 0 Å². The molecule has 1 saturated heterocycles. The fourth-order valence-electron chi connectivity index (χ4n) is 4.64. The maximum absolute atomic E-state index is 12.2. The van der Waals surface area contributed by atoms with Crippen molar-refractivity contribution in [3.8, 4) is 0 Å². The molecule has 0 atom stereocenters. The zero-order valence-electron chi connectivity index (χ0n) is 16.7. The average Bonchev–Trinajstić information content (AvgIpc) is 2.99. The molecule has 0 unspecified atom stereocenters. The number of sulfone groups is 1. The van der Waals surface area contributed by atoms with E-state index in [9.17, 15) is 8.42 Å². The summed E-state index contributed by atoms with van der Waals surface area (Å²) in [6.07, 6.45) is 1.46. The summed E-state index contributed by atoms with van der Waals surface area (Å²) in [7, 11) is -0.944. The molecule has 0 aliphatic carbocycles. The quantitative estimate of drug-likeness (QED) is 0.666. The lowest BCUT2D eigenvalue weighted by molar-refractivity contribution is 0.122. The van der Waals surface area contributed by atoms with Crippen LogP contribution in [-0.2, 0) is 40.2 Å². The van der Waals surface area contributed by atoms with Crippen LogP contribution in [0.2, 0.25) is 0 Å². The smallest absolute Gasteiger partial charge is 0.154 e. The fourth-order valence-corrected chi connectivity index (χ4v) is 6.05. The Morgan fingerprint density at radius 2 is 1.72 bits per heavy atom. The van der Waals surface area contributed by atoms with Gasteiger partial charge in [-0.25, -0.2) is 8.42 Å². The SMILES string of the molecule is Cn1c2c(c3cc(Cc4ccc(N5CCOCC5)cc4)ccc31)CS(=O)(=O)CC2. The lowest BCUT2D eigenvalue weighted by Gasteiger charge is -2.28. The van der Waals surface area contributed by atoms with Gasteiger partial charge in [0.05, 0.1) is 24.7 Å². The van der Waals surface area contributed by atoms with Gasteiger partial charge in [-0.05, 0) is 47.4 Å². The highest BCUT2D eigenvalue weighted by atomic mass is 32.2. The van der Waals surface area contributed by atoms with E-state index in [2.05, 4.69) is 51.9 Å². The molecule has 0 amide bonds. The van der Waals surface area contributed by atoms with Gasteiger partial charge in [-0.15, -0.1) is 0 Å². The van der Waals surface area contributed by atoms with Crippen molar-refractivity contribution >= 4 is 26.4 Å². The van der Waals surface area contributed by atoms with E-state index in [4.69, 9.17) is 4.74 Å². The Labute approximate surface area is 171 Å². The van der Waals surface area contributed by atoms with Crippen LogP contribution in [0.25, 0.3) is 10.9 Å². The number of hydrogen-bond donors (Lipinski definition) is 0. The third-order valence-corrected chi connectivity index (χ3v) is 7.79. The van der Waals surface area contributed by atoms with Gasteiger partial charge in [-0.2, -0.15) is 0 Å². The van der Waals surface area contributed by atoms with E-state index in [1.165, 1.54) is 22.5 Å². The van der Waals surface area contributed by atoms with Crippen LogP contribution < -0.4 is 4.90 Å². The minimum Gasteiger partial charge on any atom is -0.378 e. The zero-order valence-corrected chi connectivity index (χ0v) is 17.5. The first kappa shape index (κ1) is 18.7. The molecule has 3 aromatic rings. The van der Waals surface area contributed by atoms with Crippen molar-refractivity contribution < 1.29 is 13.2 Å². The van der Waals surface area contributed by atoms with Crippen LogP contribution in [0.15, 0.2) is 42.5 Å². The molecule has 0 bridgehead atoms. The van der Waals surface area contributed by atoms with Gasteiger partial charge in [-0.1, -0.05) is 18.2 Å². The Kier molecular flexibility index (Phi) is 4.63. The lowest BCUT2D eigenvalue weighted by atomic mass is 10.0. The predicted octanol–water partition coefficient (Wildman–Crippen LogP) is 3.08. The highest BCUT2D eigenvalue weighted by Crippen LogP contribution is 2.32. The Bertz CT molecular complexity index is 1160. The number of aryl methyl sites for hydroxylation is 1. The summed E-state index contributed by atoms with van der Waals surface area (Å²) in [6, 6.07) is 15.3. The minimum absolute atomic E-state index is 0.164. The van der Waals surface area contributed by atoms with E-state index in [0.717, 1.165) is 49.2 Å². The summed E-state index contributed by atoms with van der Waals surface area (Å²) >= 11 is 0. The van der Waals surface area contributed by atoms with E-state index in [1.807, 2.05) is 7.05 Å². The molecule has 0 radical (unpaired) electrons. The van der Waals surface area contributed by atoms with Crippen molar-refractivity contribution in [1.82, 2.24) is 4.57 Å². The van der Waals surface area contributed by atoms with Gasteiger partial charge in [0.15, 0.2) is 9.84 Å². The Balaban J connectivity index is 1.42. The highest BCUT2D eigenvalue weighted by molar-refractivity contribution is 7.90. The molecule has 2 aliphatic rings. The van der Waals surface area contributed by atoms with Crippen LogP contribution in [0.3, 0.4) is 0 Å². The first-order valence-corrected chi connectivity index (χ1v) is 12.0. The molecule has 29 heavy (non-hydrogen) atoms. The number of rotatable bonds is 3. The van der Waals surface area contributed by atoms with Gasteiger partial charge in [0.25, 0.3) is 0 Å². The monoisotopic (exact) mass is 410 g/mol. The fraction of sp³-hybridized carbons (Fsp3) is 0.391. The number of aromatic nitrogens is 1. The van der Waals surface area contributed by atoms with Crippen LogP contribution in [-0.4, -0.2) is 45.0 Å². The molecule has 5 rings (SSSR count). The number of nitrogens with zero attached hydrogens (tertiary/aromatic N) is 2. The summed E-state index contributed by atoms with van der Waals surface area (Å²) in [5, 5.41) is 1.09. The second-order valence-corrected chi connectivity index (χ2v) is 10.3. The first-order chi connectivity index (χ1) is 14.0. The second kappa shape index (κ2) is 7.18. The predicted molar refractivity (Wildman–Crippen MR) is 116 cm³/mol. The number of morpholine rings is 1. The van der Waals surface area contributed by atoms with Crippen molar-refractivity contribution in [3.63, 3.8) is 0 Å². The topological polar surface area (TPSA) is 51.5 Å². The third-order valence-electron chi connectivity index (χ3n) is 6.24. The molecule has 1 fully saturated rings. The molecule has 0 spiro atoms. The maximum Gasteiger partial charge on any atom is 0.154 e. The van der Waals surface area contributed by atoms with Gasteiger partial charge in [-0.3, -0.25) is 0 Å². The molecule has 1 aromatic heterocycles. The normalized spacial score (nSPS) is 18.7. The van der Waals surface area contributed by atoms with Crippen molar-refractivity contribution in [2.45, 2.75) is 18.6 Å². The van der Waals surface area contributed by atoms with Crippen molar-refractivity contribution in [3.05, 3.63) is 64.8 Å². The van der Waals surface area contributed by atoms with E-state index >= 15 is 0 Å². The van der Waals surface area contributed by atoms with E-state index in [0.29, 0.717) is 6.42 Å². The molecular formula is C23H26N2O3S. The molecule has 2 aliphatic heterocycles. The Morgan fingerprint density at radius 3 is 2.48 bits per heavy atom. The molecule has 3 heterocycles. The molecule has 5 nitrogen and oxygen atoms in total. The van der Waals surface area contributed by atoms with E-state index < -0.39 is 9.84 Å². The number of fused-ring (bicyclic) bond motifs is 3. The summed E-state index contributed by atoms with van der Waals surface area (Å²) in [6.45, 7) is 3.47. The summed E-state index contributed by atoms with van der Waals surface area (Å²) < 4.78 is 32.0. The summed E-state index contributed by atoms with van der Waals surface area (Å²) in [5.74, 6) is 0.421. The second-order valence-electron chi connectivity index (χ2n) is 8.12. The van der Waals surface area contributed by atoms with Crippen molar-refractivity contribution in [2.24, 2.45) is 7.05 Å². The molecular weight excluding hydrogens is 384 g/mol. The lowest BCUT2D eigenvalue weighted by Crippen LogP contribution is -2.36. The van der Waals surface area contributed by atoms with Crippen LogP contribution in [0, 0.1) is 0 Å². The molecule has 0 N–H and O–H groups in total. The Hall–Kier alpha value is -2.31. The summed E-state index contributed by atoms with van der Waals surface area (Å²) in [4.78, 5) is 2.36. The van der Waals surface area contributed by atoms with Crippen LogP contribution in [0.1, 0.15) is 22.4 Å². The van der Waals surface area contributed by atoms with Gasteiger partial charge in [0, 0.05) is 48.8 Å². The van der Waals surface area contributed by atoms with Gasteiger partial charge in [0.2, 0.25) is 0 Å². The third kappa shape index (κ3) is 3.55. The number of anilines is 1. The minimum atomic E-state index is -2.99. The van der Waals surface area contributed by atoms with Crippen molar-refractivity contribution in [2.75, 3.05) is 37.0 Å². The Morgan fingerprint density at radius 1 is 1.00 bits per heavy atom. The van der Waals surface area contributed by atoms with Crippen LogP contribution >= 0.6 is 0 Å². The largest absolute Gasteiger partial charge is 0.378 e. The first-order valence-electron chi connectivity index (χ1n) is 10.2. The maximum atomic E-state index is 12.2. The molecule has 2 aromatic carbocycles. The number of ether oxygens (including phenoxy) is 1. The van der Waals surface area contributed by atoms with Gasteiger partial charge < -0.3 is 14.2 Å². The average molecular weight is 411 g/mol. The number of benzene rings is 2. The molecule has 6 heteroatoms. The zero-order chi connectivity index (χ0) is 20.0. The van der Waals surface area contributed by atoms with Crippen LogP contribution in [0.5, 0.6) is 0 Å². The standard InChI is InChI=1S/C23H26N2O3S/c1-24-22-7-4-18(15-20(22)21-16-29(26,27)13-8-23(21)24)14-17-2-5-19(6-3-17)25-9-11-28-12-10-25/h2-7,15H,8-14,16H2,1H3.